The lowest BCUT2D eigenvalue weighted by Gasteiger charge is -2.35. The van der Waals surface area contributed by atoms with E-state index in [1.165, 1.54) is 12.0 Å². The molecule has 1 aromatic rings. The van der Waals surface area contributed by atoms with Crippen molar-refractivity contribution >= 4 is 0 Å². The van der Waals surface area contributed by atoms with Crippen LogP contribution in [0, 0.1) is 0 Å². The molecule has 5 heteroatoms. The van der Waals surface area contributed by atoms with Crippen molar-refractivity contribution in [3.8, 4) is 0 Å². The van der Waals surface area contributed by atoms with Gasteiger partial charge in [-0.1, -0.05) is 0 Å². The van der Waals surface area contributed by atoms with Crippen molar-refractivity contribution in [2.75, 3.05) is 32.8 Å². The molecule has 2 fully saturated rings. The zero-order valence-corrected chi connectivity index (χ0v) is 11.0. The molecule has 2 saturated heterocycles. The molecule has 0 spiro atoms. The van der Waals surface area contributed by atoms with Crippen LogP contribution in [-0.2, 0) is 18.2 Å². The average Bonchev–Trinajstić information content (AvgIpc) is 3.00. The molecular formula is C13H22N4O. The first-order chi connectivity index (χ1) is 8.83. The minimum Gasteiger partial charge on any atom is -0.379 e. The Bertz CT molecular complexity index is 386. The summed E-state index contributed by atoms with van der Waals surface area (Å²) in [7, 11) is 1.98. The van der Waals surface area contributed by atoms with E-state index in [-0.39, 0.29) is 0 Å². The fourth-order valence-electron chi connectivity index (χ4n) is 3.14. The van der Waals surface area contributed by atoms with E-state index in [0.29, 0.717) is 12.1 Å². The SMILES string of the molecule is Cn1cc(C[C@@H]2NCC[C@H]2N2CCOCC2)cn1. The zero-order valence-electron chi connectivity index (χ0n) is 11.0. The van der Waals surface area contributed by atoms with E-state index < -0.39 is 0 Å². The first-order valence-corrected chi connectivity index (χ1v) is 6.85. The second kappa shape index (κ2) is 5.38. The molecule has 0 amide bonds. The number of aryl methyl sites for hydroxylation is 1. The smallest absolute Gasteiger partial charge is 0.0594 e. The van der Waals surface area contributed by atoms with E-state index >= 15 is 0 Å². The largest absolute Gasteiger partial charge is 0.379 e. The summed E-state index contributed by atoms with van der Waals surface area (Å²) in [5, 5.41) is 7.89. The van der Waals surface area contributed by atoms with Crippen LogP contribution in [0.3, 0.4) is 0 Å². The molecule has 0 aliphatic carbocycles. The van der Waals surface area contributed by atoms with Crippen LogP contribution in [0.4, 0.5) is 0 Å². The maximum atomic E-state index is 5.44. The van der Waals surface area contributed by atoms with Crippen molar-refractivity contribution < 1.29 is 4.74 Å². The molecule has 0 saturated carbocycles. The van der Waals surface area contributed by atoms with E-state index in [9.17, 15) is 0 Å². The van der Waals surface area contributed by atoms with Gasteiger partial charge in [0.25, 0.3) is 0 Å². The highest BCUT2D eigenvalue weighted by atomic mass is 16.5. The highest BCUT2D eigenvalue weighted by Crippen LogP contribution is 2.19. The Balaban J connectivity index is 1.63. The molecule has 0 aromatic carbocycles. The molecule has 0 bridgehead atoms. The maximum absolute atomic E-state index is 5.44. The van der Waals surface area contributed by atoms with Crippen LogP contribution >= 0.6 is 0 Å². The molecule has 1 aromatic heterocycles. The average molecular weight is 250 g/mol. The second-order valence-electron chi connectivity index (χ2n) is 5.29. The molecule has 100 valence electrons. The number of aromatic nitrogens is 2. The zero-order chi connectivity index (χ0) is 12.4. The predicted molar refractivity (Wildman–Crippen MR) is 69.5 cm³/mol. The third-order valence-electron chi connectivity index (χ3n) is 4.04. The van der Waals surface area contributed by atoms with E-state index in [1.54, 1.807) is 0 Å². The maximum Gasteiger partial charge on any atom is 0.0594 e. The number of nitrogens with zero attached hydrogens (tertiary/aromatic N) is 3. The lowest BCUT2D eigenvalue weighted by Crippen LogP contribution is -2.49. The first kappa shape index (κ1) is 12.1. The molecule has 0 unspecified atom stereocenters. The quantitative estimate of drug-likeness (QED) is 0.821. The molecule has 3 rings (SSSR count). The van der Waals surface area contributed by atoms with Crippen LogP contribution < -0.4 is 5.32 Å². The van der Waals surface area contributed by atoms with Crippen LogP contribution in [0.15, 0.2) is 12.4 Å². The highest BCUT2D eigenvalue weighted by Gasteiger charge is 2.32. The lowest BCUT2D eigenvalue weighted by molar-refractivity contribution is 0.0141. The van der Waals surface area contributed by atoms with Crippen LogP contribution in [0.25, 0.3) is 0 Å². The molecule has 1 N–H and O–H groups in total. The van der Waals surface area contributed by atoms with E-state index in [0.717, 1.165) is 39.3 Å². The van der Waals surface area contributed by atoms with Crippen molar-refractivity contribution in [2.45, 2.75) is 24.9 Å². The Morgan fingerprint density at radius 3 is 3.00 bits per heavy atom. The van der Waals surface area contributed by atoms with Gasteiger partial charge in [-0.15, -0.1) is 0 Å². The van der Waals surface area contributed by atoms with Gasteiger partial charge in [-0.2, -0.15) is 5.10 Å². The third kappa shape index (κ3) is 2.58. The minimum atomic E-state index is 0.562. The van der Waals surface area contributed by atoms with Crippen molar-refractivity contribution in [3.05, 3.63) is 18.0 Å². The van der Waals surface area contributed by atoms with Crippen molar-refractivity contribution in [3.63, 3.8) is 0 Å². The Kier molecular flexibility index (Phi) is 3.63. The summed E-state index contributed by atoms with van der Waals surface area (Å²) < 4.78 is 7.32. The summed E-state index contributed by atoms with van der Waals surface area (Å²) in [5.41, 5.74) is 1.33. The topological polar surface area (TPSA) is 42.3 Å². The van der Waals surface area contributed by atoms with Crippen LogP contribution in [0.5, 0.6) is 0 Å². The summed E-state index contributed by atoms with van der Waals surface area (Å²) in [6, 6.07) is 1.22. The van der Waals surface area contributed by atoms with Gasteiger partial charge in [-0.25, -0.2) is 0 Å². The molecule has 5 nitrogen and oxygen atoms in total. The van der Waals surface area contributed by atoms with Gasteiger partial charge in [-0.05, 0) is 24.9 Å². The number of nitrogens with one attached hydrogen (secondary N) is 1. The van der Waals surface area contributed by atoms with Gasteiger partial charge in [0.05, 0.1) is 19.4 Å². The highest BCUT2D eigenvalue weighted by molar-refractivity contribution is 5.09. The molecule has 3 heterocycles. The summed E-state index contributed by atoms with van der Waals surface area (Å²) >= 11 is 0. The van der Waals surface area contributed by atoms with Gasteiger partial charge in [0.15, 0.2) is 0 Å². The van der Waals surface area contributed by atoms with Gasteiger partial charge in [-0.3, -0.25) is 9.58 Å². The van der Waals surface area contributed by atoms with Gasteiger partial charge >= 0.3 is 0 Å². The predicted octanol–water partition coefficient (Wildman–Crippen LogP) is 0.0253. The van der Waals surface area contributed by atoms with Crippen molar-refractivity contribution in [2.24, 2.45) is 7.05 Å². The lowest BCUT2D eigenvalue weighted by atomic mass is 10.0. The van der Waals surface area contributed by atoms with Crippen LogP contribution in [-0.4, -0.2) is 59.6 Å². The number of hydrogen-bond acceptors (Lipinski definition) is 4. The Hall–Kier alpha value is -0.910. The Labute approximate surface area is 108 Å². The fourth-order valence-corrected chi connectivity index (χ4v) is 3.14. The van der Waals surface area contributed by atoms with Crippen LogP contribution in [0.1, 0.15) is 12.0 Å². The van der Waals surface area contributed by atoms with Crippen LogP contribution in [0.2, 0.25) is 0 Å². The van der Waals surface area contributed by atoms with Gasteiger partial charge in [0, 0.05) is 38.4 Å². The van der Waals surface area contributed by atoms with Gasteiger partial charge in [0.2, 0.25) is 0 Å². The summed E-state index contributed by atoms with van der Waals surface area (Å²) in [4.78, 5) is 2.59. The molecule has 2 atom stereocenters. The summed E-state index contributed by atoms with van der Waals surface area (Å²) in [5.74, 6) is 0. The van der Waals surface area contributed by atoms with E-state index in [2.05, 4.69) is 21.5 Å². The normalized spacial score (nSPS) is 29.8. The number of hydrogen-bond donors (Lipinski definition) is 1. The molecule has 2 aliphatic rings. The molecule has 2 aliphatic heterocycles. The fraction of sp³-hybridized carbons (Fsp3) is 0.769. The minimum absolute atomic E-state index is 0.562. The van der Waals surface area contributed by atoms with Gasteiger partial charge < -0.3 is 10.1 Å². The number of rotatable bonds is 3. The molecular weight excluding hydrogens is 228 g/mol. The van der Waals surface area contributed by atoms with E-state index in [4.69, 9.17) is 4.74 Å². The Morgan fingerprint density at radius 1 is 1.44 bits per heavy atom. The Morgan fingerprint density at radius 2 is 2.28 bits per heavy atom. The monoisotopic (exact) mass is 250 g/mol. The molecule has 0 radical (unpaired) electrons. The van der Waals surface area contributed by atoms with E-state index in [1.807, 2.05) is 17.9 Å². The molecule has 18 heavy (non-hydrogen) atoms. The number of morpholine rings is 1. The van der Waals surface area contributed by atoms with Crippen molar-refractivity contribution in [1.82, 2.24) is 20.0 Å². The third-order valence-corrected chi connectivity index (χ3v) is 4.04. The summed E-state index contributed by atoms with van der Waals surface area (Å²) in [6.07, 6.45) is 6.44. The first-order valence-electron chi connectivity index (χ1n) is 6.85. The standard InChI is InChI=1S/C13H22N4O/c1-16-10-11(9-15-16)8-12-13(2-3-14-12)17-4-6-18-7-5-17/h9-10,12-14H,2-8H2,1H3/t12-,13+/m0/s1. The summed E-state index contributed by atoms with van der Waals surface area (Å²) in [6.45, 7) is 5.06. The second-order valence-corrected chi connectivity index (χ2v) is 5.29. The number of ether oxygens (including phenoxy) is 1. The van der Waals surface area contributed by atoms with Gasteiger partial charge in [0.1, 0.15) is 0 Å². The van der Waals surface area contributed by atoms with Crippen molar-refractivity contribution in [1.29, 1.82) is 0 Å².